The molecule has 1 N–H and O–H groups in total. The summed E-state index contributed by atoms with van der Waals surface area (Å²) in [6.45, 7) is 1.98. The summed E-state index contributed by atoms with van der Waals surface area (Å²) in [4.78, 5) is 14.2. The number of anilines is 2. The monoisotopic (exact) mass is 352 g/mol. The number of nitrogens with zero attached hydrogens (tertiary/aromatic N) is 1. The van der Waals surface area contributed by atoms with Crippen molar-refractivity contribution in [2.45, 2.75) is 13.1 Å². The number of carbonyl (C=O) groups is 1. The van der Waals surface area contributed by atoms with Crippen molar-refractivity contribution in [3.05, 3.63) is 53.6 Å². The molecule has 4 nitrogen and oxygen atoms in total. The van der Waals surface area contributed by atoms with Gasteiger partial charge in [-0.25, -0.2) is 0 Å². The maximum absolute atomic E-state index is 12.9. The van der Waals surface area contributed by atoms with E-state index >= 15 is 0 Å². The van der Waals surface area contributed by atoms with Crippen LogP contribution < -0.4 is 15.0 Å². The van der Waals surface area contributed by atoms with Crippen LogP contribution in [0.3, 0.4) is 0 Å². The van der Waals surface area contributed by atoms with E-state index in [-0.39, 0.29) is 18.0 Å². The molecule has 0 radical (unpaired) electrons. The van der Waals surface area contributed by atoms with Gasteiger partial charge >= 0.3 is 6.18 Å². The maximum atomic E-state index is 12.9. The molecule has 0 spiro atoms. The Labute approximate surface area is 144 Å². The summed E-state index contributed by atoms with van der Waals surface area (Å²) in [6, 6.07) is 9.73. The van der Waals surface area contributed by atoms with Crippen LogP contribution in [0.25, 0.3) is 0 Å². The minimum absolute atomic E-state index is 0.0154. The average Bonchev–Trinajstić information content (AvgIpc) is 2.55. The average molecular weight is 352 g/mol. The molecule has 0 fully saturated rings. The van der Waals surface area contributed by atoms with Gasteiger partial charge in [0.1, 0.15) is 5.75 Å². The molecule has 0 bridgehead atoms. The third kappa shape index (κ3) is 4.65. The molecule has 0 saturated carbocycles. The van der Waals surface area contributed by atoms with Gasteiger partial charge in [0.25, 0.3) is 5.91 Å². The Morgan fingerprint density at radius 3 is 2.28 bits per heavy atom. The molecule has 0 heterocycles. The first-order valence-corrected chi connectivity index (χ1v) is 7.65. The summed E-state index contributed by atoms with van der Waals surface area (Å²) >= 11 is 0. The fraction of sp³-hybridized carbons (Fsp3) is 0.278. The third-order valence-corrected chi connectivity index (χ3v) is 3.50. The number of hydrogen-bond acceptors (Lipinski definition) is 3. The highest BCUT2D eigenvalue weighted by Crippen LogP contribution is 2.35. The van der Waals surface area contributed by atoms with E-state index in [2.05, 4.69) is 5.32 Å². The first kappa shape index (κ1) is 18.6. The van der Waals surface area contributed by atoms with Gasteiger partial charge in [0, 0.05) is 25.3 Å². The minimum Gasteiger partial charge on any atom is -0.492 e. The van der Waals surface area contributed by atoms with Crippen molar-refractivity contribution in [2.24, 2.45) is 0 Å². The Morgan fingerprint density at radius 1 is 1.12 bits per heavy atom. The number of hydrogen-bond donors (Lipinski definition) is 1. The van der Waals surface area contributed by atoms with Crippen molar-refractivity contribution >= 4 is 17.3 Å². The lowest BCUT2D eigenvalue weighted by Crippen LogP contribution is -2.15. The molecule has 25 heavy (non-hydrogen) atoms. The van der Waals surface area contributed by atoms with Crippen LogP contribution in [0, 0.1) is 0 Å². The first-order valence-electron chi connectivity index (χ1n) is 7.65. The number of nitrogens with one attached hydrogen (secondary N) is 1. The molecule has 0 aliphatic heterocycles. The summed E-state index contributed by atoms with van der Waals surface area (Å²) in [5.74, 6) is -0.320. The van der Waals surface area contributed by atoms with Gasteiger partial charge in [-0.3, -0.25) is 4.79 Å². The maximum Gasteiger partial charge on any atom is 0.416 e. The van der Waals surface area contributed by atoms with Crippen LogP contribution in [0.5, 0.6) is 5.75 Å². The Morgan fingerprint density at radius 2 is 1.76 bits per heavy atom. The van der Waals surface area contributed by atoms with Crippen LogP contribution in [-0.4, -0.2) is 26.6 Å². The van der Waals surface area contributed by atoms with Crippen molar-refractivity contribution in [3.63, 3.8) is 0 Å². The topological polar surface area (TPSA) is 41.6 Å². The van der Waals surface area contributed by atoms with Gasteiger partial charge in [-0.2, -0.15) is 13.2 Å². The van der Waals surface area contributed by atoms with E-state index in [4.69, 9.17) is 4.74 Å². The van der Waals surface area contributed by atoms with Gasteiger partial charge < -0.3 is 15.0 Å². The molecule has 1 amide bonds. The number of halogens is 3. The lowest BCUT2D eigenvalue weighted by atomic mass is 10.1. The second-order valence-electron chi connectivity index (χ2n) is 5.54. The van der Waals surface area contributed by atoms with Gasteiger partial charge in [0.15, 0.2) is 0 Å². The molecule has 0 aromatic heterocycles. The molecule has 2 rings (SSSR count). The van der Waals surface area contributed by atoms with Crippen molar-refractivity contribution in [1.29, 1.82) is 0 Å². The molecule has 0 atom stereocenters. The zero-order valence-corrected chi connectivity index (χ0v) is 14.1. The number of ether oxygens (including phenoxy) is 1. The highest BCUT2D eigenvalue weighted by Gasteiger charge is 2.31. The summed E-state index contributed by atoms with van der Waals surface area (Å²) in [6.07, 6.45) is -4.50. The number of benzene rings is 2. The molecule has 2 aromatic carbocycles. The number of amides is 1. The van der Waals surface area contributed by atoms with Gasteiger partial charge in [0.05, 0.1) is 17.9 Å². The SMILES string of the molecule is CCOc1ccc(C(F)(F)F)cc1NC(=O)c1ccc(N(C)C)cc1. The first-order chi connectivity index (χ1) is 11.7. The normalized spacial score (nSPS) is 11.1. The highest BCUT2D eigenvalue weighted by atomic mass is 19.4. The molecular weight excluding hydrogens is 333 g/mol. The van der Waals surface area contributed by atoms with Crippen molar-refractivity contribution < 1.29 is 22.7 Å². The molecule has 7 heteroatoms. The lowest BCUT2D eigenvalue weighted by molar-refractivity contribution is -0.137. The van der Waals surface area contributed by atoms with Crippen LogP contribution in [0.1, 0.15) is 22.8 Å². The summed E-state index contributed by atoms with van der Waals surface area (Å²) in [5, 5.41) is 2.50. The van der Waals surface area contributed by atoms with Crippen molar-refractivity contribution in [3.8, 4) is 5.75 Å². The van der Waals surface area contributed by atoms with Crippen LogP contribution in [0.2, 0.25) is 0 Å². The molecular formula is C18H19F3N2O2. The van der Waals surface area contributed by atoms with E-state index in [9.17, 15) is 18.0 Å². The van der Waals surface area contributed by atoms with E-state index in [1.165, 1.54) is 6.07 Å². The molecule has 0 unspecified atom stereocenters. The zero-order valence-electron chi connectivity index (χ0n) is 14.1. The number of carbonyl (C=O) groups excluding carboxylic acids is 1. The Kier molecular flexibility index (Phi) is 5.56. The molecule has 0 aliphatic rings. The van der Waals surface area contributed by atoms with E-state index in [0.717, 1.165) is 17.8 Å². The predicted molar refractivity (Wildman–Crippen MR) is 91.3 cm³/mol. The second-order valence-corrected chi connectivity index (χ2v) is 5.54. The van der Waals surface area contributed by atoms with Gasteiger partial charge in [-0.05, 0) is 49.4 Å². The zero-order chi connectivity index (χ0) is 18.6. The largest absolute Gasteiger partial charge is 0.492 e. The second kappa shape index (κ2) is 7.46. The highest BCUT2D eigenvalue weighted by molar-refractivity contribution is 6.05. The van der Waals surface area contributed by atoms with E-state index in [1.54, 1.807) is 31.2 Å². The Bertz CT molecular complexity index is 741. The fourth-order valence-electron chi connectivity index (χ4n) is 2.19. The van der Waals surface area contributed by atoms with Crippen LogP contribution in [0.15, 0.2) is 42.5 Å². The smallest absolute Gasteiger partial charge is 0.416 e. The fourth-order valence-corrected chi connectivity index (χ4v) is 2.19. The van der Waals surface area contributed by atoms with E-state index in [0.29, 0.717) is 5.56 Å². The summed E-state index contributed by atoms with van der Waals surface area (Å²) < 4.78 is 44.0. The summed E-state index contributed by atoms with van der Waals surface area (Å²) in [7, 11) is 3.73. The molecule has 0 saturated heterocycles. The molecule has 0 aliphatic carbocycles. The Balaban J connectivity index is 2.28. The number of alkyl halides is 3. The van der Waals surface area contributed by atoms with Crippen LogP contribution in [-0.2, 0) is 6.18 Å². The predicted octanol–water partition coefficient (Wildman–Crippen LogP) is 4.42. The quantitative estimate of drug-likeness (QED) is 0.866. The standard InChI is InChI=1S/C18H19F3N2O2/c1-4-25-16-10-7-13(18(19,20)21)11-15(16)22-17(24)12-5-8-14(9-6-12)23(2)3/h5-11H,4H2,1-3H3,(H,22,24). The van der Waals surface area contributed by atoms with Crippen LogP contribution in [0.4, 0.5) is 24.5 Å². The van der Waals surface area contributed by atoms with Gasteiger partial charge in [-0.15, -0.1) is 0 Å². The number of rotatable bonds is 5. The van der Waals surface area contributed by atoms with Gasteiger partial charge in [-0.1, -0.05) is 0 Å². The minimum atomic E-state index is -4.50. The Hall–Kier alpha value is -2.70. The summed E-state index contributed by atoms with van der Waals surface area (Å²) in [5.41, 5.74) is 0.378. The van der Waals surface area contributed by atoms with Crippen LogP contribution >= 0.6 is 0 Å². The van der Waals surface area contributed by atoms with E-state index in [1.807, 2.05) is 19.0 Å². The molecule has 2 aromatic rings. The third-order valence-electron chi connectivity index (χ3n) is 3.50. The molecule has 134 valence electrons. The lowest BCUT2D eigenvalue weighted by Gasteiger charge is -2.15. The van der Waals surface area contributed by atoms with E-state index < -0.39 is 17.6 Å². The van der Waals surface area contributed by atoms with Gasteiger partial charge in [0.2, 0.25) is 0 Å². The van der Waals surface area contributed by atoms with Crippen molar-refractivity contribution in [1.82, 2.24) is 0 Å². The van der Waals surface area contributed by atoms with Crippen molar-refractivity contribution in [2.75, 3.05) is 30.9 Å².